The second-order valence-electron chi connectivity index (χ2n) is 6.93. The van der Waals surface area contributed by atoms with Gasteiger partial charge in [0.1, 0.15) is 17.3 Å². The zero-order chi connectivity index (χ0) is 20.1. The molecule has 3 heterocycles. The molecule has 148 valence electrons. The van der Waals surface area contributed by atoms with Gasteiger partial charge in [-0.15, -0.1) is 10.2 Å². The molecule has 2 aromatic heterocycles. The maximum atomic E-state index is 5.25. The number of nitrogens with zero attached hydrogens (tertiary/aromatic N) is 5. The average Bonchev–Trinajstić information content (AvgIpc) is 3.29. The van der Waals surface area contributed by atoms with E-state index in [0.717, 1.165) is 35.9 Å². The van der Waals surface area contributed by atoms with Gasteiger partial charge in [-0.3, -0.25) is 0 Å². The third-order valence-electron chi connectivity index (χ3n) is 4.85. The predicted octanol–water partition coefficient (Wildman–Crippen LogP) is 5.55. The maximum absolute atomic E-state index is 5.25. The van der Waals surface area contributed by atoms with Gasteiger partial charge in [-0.1, -0.05) is 6.07 Å². The van der Waals surface area contributed by atoms with Gasteiger partial charge in [0.2, 0.25) is 0 Å². The molecule has 1 aliphatic heterocycles. The second-order valence-corrected chi connectivity index (χ2v) is 6.93. The van der Waals surface area contributed by atoms with Gasteiger partial charge in [-0.05, 0) is 67.8 Å². The number of pyridine rings is 2. The van der Waals surface area contributed by atoms with E-state index in [4.69, 9.17) is 9.72 Å². The summed E-state index contributed by atoms with van der Waals surface area (Å²) < 4.78 is 5.25. The third kappa shape index (κ3) is 4.51. The molecule has 1 fully saturated rings. The first-order chi connectivity index (χ1) is 14.2. The first-order valence-corrected chi connectivity index (χ1v) is 9.73. The molecule has 0 spiro atoms. The lowest BCUT2D eigenvalue weighted by Crippen LogP contribution is -2.19. The van der Waals surface area contributed by atoms with E-state index in [1.165, 1.54) is 12.8 Å². The van der Waals surface area contributed by atoms with Gasteiger partial charge in [0.15, 0.2) is 11.6 Å². The zero-order valence-electron chi connectivity index (χ0n) is 16.7. The summed E-state index contributed by atoms with van der Waals surface area (Å²) in [4.78, 5) is 11.4. The van der Waals surface area contributed by atoms with E-state index in [1.54, 1.807) is 13.3 Å². The van der Waals surface area contributed by atoms with Crippen LogP contribution < -0.4 is 15.0 Å². The van der Waals surface area contributed by atoms with Crippen LogP contribution in [0.1, 0.15) is 18.4 Å². The Hall–Kier alpha value is -3.48. The van der Waals surface area contributed by atoms with E-state index >= 15 is 0 Å². The third-order valence-corrected chi connectivity index (χ3v) is 4.85. The lowest BCUT2D eigenvalue weighted by molar-refractivity contribution is 0.415. The Morgan fingerprint density at radius 3 is 2.52 bits per heavy atom. The molecule has 0 amide bonds. The highest BCUT2D eigenvalue weighted by molar-refractivity contribution is 5.73. The maximum Gasteiger partial charge on any atom is 0.174 e. The molecule has 0 saturated carbocycles. The SMILES string of the molecule is COc1ccc(Nc2nc(N3CCCC3)cc(C)c2N=Nc2ccccn2)cc1. The van der Waals surface area contributed by atoms with Crippen molar-refractivity contribution >= 4 is 28.8 Å². The predicted molar refractivity (Wildman–Crippen MR) is 115 cm³/mol. The summed E-state index contributed by atoms with van der Waals surface area (Å²) in [5.74, 6) is 3.01. The van der Waals surface area contributed by atoms with E-state index in [-0.39, 0.29) is 0 Å². The van der Waals surface area contributed by atoms with Crippen LogP contribution in [-0.4, -0.2) is 30.2 Å². The molecule has 29 heavy (non-hydrogen) atoms. The van der Waals surface area contributed by atoms with Crippen LogP contribution in [0.25, 0.3) is 0 Å². The van der Waals surface area contributed by atoms with Gasteiger partial charge in [0, 0.05) is 25.0 Å². The number of hydrogen-bond donors (Lipinski definition) is 1. The van der Waals surface area contributed by atoms with Crippen LogP contribution in [0.15, 0.2) is 65.0 Å². The fourth-order valence-corrected chi connectivity index (χ4v) is 3.30. The smallest absolute Gasteiger partial charge is 0.174 e. The molecule has 4 rings (SSSR count). The Bertz CT molecular complexity index is 982. The highest BCUT2D eigenvalue weighted by atomic mass is 16.5. The standard InChI is InChI=1S/C22H24N6O/c1-16-15-20(28-13-5-6-14-28)25-22(24-17-8-10-18(29-2)11-9-17)21(16)27-26-19-7-3-4-12-23-19/h3-4,7-12,15H,5-6,13-14H2,1-2H3,(H,24,25). The van der Waals surface area contributed by atoms with Gasteiger partial charge in [0.25, 0.3) is 0 Å². The molecular weight excluding hydrogens is 364 g/mol. The van der Waals surface area contributed by atoms with E-state index in [2.05, 4.69) is 31.5 Å². The fraction of sp³-hybridized carbons (Fsp3) is 0.273. The van der Waals surface area contributed by atoms with Crippen molar-refractivity contribution in [1.29, 1.82) is 0 Å². The molecule has 1 aromatic carbocycles. The van der Waals surface area contributed by atoms with Crippen LogP contribution in [0.4, 0.5) is 28.8 Å². The van der Waals surface area contributed by atoms with Crippen molar-refractivity contribution in [2.45, 2.75) is 19.8 Å². The number of methoxy groups -OCH3 is 1. The highest BCUT2D eigenvalue weighted by Crippen LogP contribution is 2.35. The van der Waals surface area contributed by atoms with Crippen molar-refractivity contribution in [3.8, 4) is 5.75 Å². The molecule has 3 aromatic rings. The number of aromatic nitrogens is 2. The van der Waals surface area contributed by atoms with Crippen LogP contribution in [0.5, 0.6) is 5.75 Å². The van der Waals surface area contributed by atoms with Crippen molar-refractivity contribution in [2.75, 3.05) is 30.4 Å². The monoisotopic (exact) mass is 388 g/mol. The summed E-state index contributed by atoms with van der Waals surface area (Å²) >= 11 is 0. The Morgan fingerprint density at radius 1 is 1.03 bits per heavy atom. The number of azo groups is 1. The van der Waals surface area contributed by atoms with Gasteiger partial charge >= 0.3 is 0 Å². The van der Waals surface area contributed by atoms with E-state index in [1.807, 2.05) is 49.4 Å². The van der Waals surface area contributed by atoms with Crippen LogP contribution in [0.2, 0.25) is 0 Å². The Balaban J connectivity index is 1.70. The molecule has 0 bridgehead atoms. The average molecular weight is 388 g/mol. The summed E-state index contributed by atoms with van der Waals surface area (Å²) in [7, 11) is 1.66. The molecule has 0 aliphatic carbocycles. The molecule has 7 heteroatoms. The summed E-state index contributed by atoms with van der Waals surface area (Å²) in [5.41, 5.74) is 2.62. The van der Waals surface area contributed by atoms with Crippen LogP contribution in [-0.2, 0) is 0 Å². The van der Waals surface area contributed by atoms with Gasteiger partial charge in [-0.2, -0.15) is 0 Å². The molecule has 1 N–H and O–H groups in total. The van der Waals surface area contributed by atoms with Gasteiger partial charge in [0.05, 0.1) is 7.11 Å². The first-order valence-electron chi connectivity index (χ1n) is 9.73. The van der Waals surface area contributed by atoms with E-state index < -0.39 is 0 Å². The largest absolute Gasteiger partial charge is 0.497 e. The first kappa shape index (κ1) is 18.9. The van der Waals surface area contributed by atoms with Crippen LogP contribution >= 0.6 is 0 Å². The molecule has 1 saturated heterocycles. The van der Waals surface area contributed by atoms with Crippen LogP contribution in [0, 0.1) is 6.92 Å². The lowest BCUT2D eigenvalue weighted by atomic mass is 10.2. The Kier molecular flexibility index (Phi) is 5.65. The quantitative estimate of drug-likeness (QED) is 0.560. The summed E-state index contributed by atoms with van der Waals surface area (Å²) in [6.07, 6.45) is 4.10. The number of anilines is 3. The Labute approximate surface area is 170 Å². The molecule has 0 atom stereocenters. The van der Waals surface area contributed by atoms with Crippen molar-refractivity contribution < 1.29 is 4.74 Å². The number of rotatable bonds is 6. The summed E-state index contributed by atoms with van der Waals surface area (Å²) in [6, 6.07) is 15.4. The minimum Gasteiger partial charge on any atom is -0.497 e. The number of nitrogens with one attached hydrogen (secondary N) is 1. The second kappa shape index (κ2) is 8.68. The molecule has 0 radical (unpaired) electrons. The van der Waals surface area contributed by atoms with Gasteiger partial charge in [-0.25, -0.2) is 9.97 Å². The summed E-state index contributed by atoms with van der Waals surface area (Å²) in [6.45, 7) is 4.10. The van der Waals surface area contributed by atoms with Crippen molar-refractivity contribution in [3.63, 3.8) is 0 Å². The van der Waals surface area contributed by atoms with Crippen molar-refractivity contribution in [1.82, 2.24) is 9.97 Å². The number of aryl methyl sites for hydroxylation is 1. The number of hydrogen-bond acceptors (Lipinski definition) is 7. The lowest BCUT2D eigenvalue weighted by Gasteiger charge is -2.19. The number of ether oxygens (including phenoxy) is 1. The van der Waals surface area contributed by atoms with Crippen molar-refractivity contribution in [3.05, 3.63) is 60.3 Å². The normalized spacial score (nSPS) is 13.8. The zero-order valence-corrected chi connectivity index (χ0v) is 16.7. The minimum absolute atomic E-state index is 0.561. The Morgan fingerprint density at radius 2 is 1.83 bits per heavy atom. The number of benzene rings is 1. The van der Waals surface area contributed by atoms with Crippen molar-refractivity contribution in [2.24, 2.45) is 10.2 Å². The molecule has 1 aliphatic rings. The van der Waals surface area contributed by atoms with E-state index in [9.17, 15) is 0 Å². The fourth-order valence-electron chi connectivity index (χ4n) is 3.30. The molecule has 0 unspecified atom stereocenters. The van der Waals surface area contributed by atoms with E-state index in [0.29, 0.717) is 17.3 Å². The van der Waals surface area contributed by atoms with Crippen LogP contribution in [0.3, 0.4) is 0 Å². The summed E-state index contributed by atoms with van der Waals surface area (Å²) in [5, 5.41) is 12.2. The van der Waals surface area contributed by atoms with Gasteiger partial charge < -0.3 is 15.0 Å². The molecular formula is C22H24N6O. The topological polar surface area (TPSA) is 75.0 Å². The molecule has 7 nitrogen and oxygen atoms in total. The highest BCUT2D eigenvalue weighted by Gasteiger charge is 2.18. The minimum atomic E-state index is 0.561.